The van der Waals surface area contributed by atoms with Crippen LogP contribution in [-0.2, 0) is 4.79 Å². The van der Waals surface area contributed by atoms with Crippen LogP contribution in [0.3, 0.4) is 0 Å². The first-order chi connectivity index (χ1) is 8.95. The van der Waals surface area contributed by atoms with Crippen molar-refractivity contribution in [2.45, 2.75) is 25.5 Å². The maximum atomic E-state index is 10.8. The zero-order chi connectivity index (χ0) is 14.4. The van der Waals surface area contributed by atoms with Crippen molar-refractivity contribution in [1.29, 1.82) is 0 Å². The Labute approximate surface area is 113 Å². The number of likely N-dealkylation sites (N-methyl/N-ethyl adjacent to an activating group) is 1. The van der Waals surface area contributed by atoms with Crippen LogP contribution in [0.15, 0.2) is 24.3 Å². The molecule has 3 N–H and O–H groups in total. The largest absolute Gasteiger partial charge is 0.481 e. The first-order valence-corrected chi connectivity index (χ1v) is 6.36. The van der Waals surface area contributed by atoms with Gasteiger partial charge in [0.05, 0.1) is 12.5 Å². The third-order valence-corrected chi connectivity index (χ3v) is 2.99. The van der Waals surface area contributed by atoms with Crippen LogP contribution in [0.1, 0.15) is 25.0 Å². The highest BCUT2D eigenvalue weighted by Crippen LogP contribution is 2.22. The number of rotatable bonds is 7. The Bertz CT molecular complexity index is 404. The van der Waals surface area contributed by atoms with Crippen molar-refractivity contribution in [3.8, 4) is 0 Å². The number of carboxylic acids is 1. The molecule has 2 unspecified atom stereocenters. The lowest BCUT2D eigenvalue weighted by Crippen LogP contribution is -2.36. The van der Waals surface area contributed by atoms with Crippen LogP contribution in [-0.4, -0.2) is 42.9 Å². The molecule has 2 atom stereocenters. The smallest absolute Gasteiger partial charge is 0.305 e. The third kappa shape index (κ3) is 4.54. The molecule has 0 spiro atoms. The second kappa shape index (κ2) is 7.11. The molecule has 0 heterocycles. The van der Waals surface area contributed by atoms with Crippen molar-refractivity contribution in [1.82, 2.24) is 5.32 Å². The molecule has 1 aromatic carbocycles. The fraction of sp³-hybridized carbons (Fsp3) is 0.500. The van der Waals surface area contributed by atoms with Crippen molar-refractivity contribution in [3.05, 3.63) is 29.8 Å². The molecule has 0 radical (unpaired) electrons. The van der Waals surface area contributed by atoms with Crippen LogP contribution in [0.4, 0.5) is 5.69 Å². The molecule has 0 saturated heterocycles. The summed E-state index contributed by atoms with van der Waals surface area (Å²) >= 11 is 0. The van der Waals surface area contributed by atoms with Crippen LogP contribution in [0.2, 0.25) is 0 Å². The molecule has 0 saturated carbocycles. The molecule has 0 bridgehead atoms. The number of carboxylic acid groups (broad SMARTS) is 1. The Balaban J connectivity index is 2.83. The average molecular weight is 266 g/mol. The van der Waals surface area contributed by atoms with Gasteiger partial charge < -0.3 is 20.4 Å². The van der Waals surface area contributed by atoms with E-state index in [0.29, 0.717) is 6.54 Å². The van der Waals surface area contributed by atoms with Crippen molar-refractivity contribution in [2.24, 2.45) is 0 Å². The van der Waals surface area contributed by atoms with E-state index in [9.17, 15) is 9.90 Å². The molecule has 0 fully saturated rings. The summed E-state index contributed by atoms with van der Waals surface area (Å²) in [6.45, 7) is 2.50. The normalized spacial score (nSPS) is 13.9. The van der Waals surface area contributed by atoms with Gasteiger partial charge in [-0.25, -0.2) is 0 Å². The van der Waals surface area contributed by atoms with E-state index in [0.717, 1.165) is 11.3 Å². The Morgan fingerprint density at radius 1 is 1.32 bits per heavy atom. The summed E-state index contributed by atoms with van der Waals surface area (Å²) in [7, 11) is 3.88. The molecule has 0 aliphatic heterocycles. The molecular formula is C14H22N2O3. The first kappa shape index (κ1) is 15.5. The summed E-state index contributed by atoms with van der Waals surface area (Å²) in [4.78, 5) is 12.8. The van der Waals surface area contributed by atoms with Crippen molar-refractivity contribution < 1.29 is 15.0 Å². The molecule has 0 aromatic heterocycles. The van der Waals surface area contributed by atoms with Crippen LogP contribution < -0.4 is 10.2 Å². The van der Waals surface area contributed by atoms with E-state index in [1.165, 1.54) is 0 Å². The van der Waals surface area contributed by atoms with Gasteiger partial charge in [-0.1, -0.05) is 19.1 Å². The maximum Gasteiger partial charge on any atom is 0.305 e. The standard InChI is InChI=1S/C14H22N2O3/c1-4-15-12(9-13(17)18)14(19)10-5-7-11(8-6-10)16(2)3/h5-8,12,14-15,19H,4,9H2,1-3H3,(H,17,18). The number of aliphatic carboxylic acids is 1. The molecule has 1 aromatic rings. The number of aliphatic hydroxyl groups is 1. The minimum Gasteiger partial charge on any atom is -0.481 e. The zero-order valence-electron chi connectivity index (χ0n) is 11.6. The Hall–Kier alpha value is -1.59. The van der Waals surface area contributed by atoms with E-state index >= 15 is 0 Å². The minimum absolute atomic E-state index is 0.107. The monoisotopic (exact) mass is 266 g/mol. The summed E-state index contributed by atoms with van der Waals surface area (Å²) in [5, 5.41) is 22.1. The average Bonchev–Trinajstić information content (AvgIpc) is 2.37. The summed E-state index contributed by atoms with van der Waals surface area (Å²) in [6.07, 6.45) is -0.933. The van der Waals surface area contributed by atoms with Gasteiger partial charge >= 0.3 is 5.97 Å². The van der Waals surface area contributed by atoms with Crippen LogP contribution in [0.5, 0.6) is 0 Å². The highest BCUT2D eigenvalue weighted by atomic mass is 16.4. The van der Waals surface area contributed by atoms with Crippen molar-refractivity contribution >= 4 is 11.7 Å². The molecule has 19 heavy (non-hydrogen) atoms. The number of benzene rings is 1. The molecule has 106 valence electrons. The number of carbonyl (C=O) groups is 1. The zero-order valence-corrected chi connectivity index (χ0v) is 11.6. The lowest BCUT2D eigenvalue weighted by Gasteiger charge is -2.23. The van der Waals surface area contributed by atoms with Gasteiger partial charge in [-0.15, -0.1) is 0 Å². The Kier molecular flexibility index (Phi) is 5.79. The van der Waals surface area contributed by atoms with Gasteiger partial charge in [0, 0.05) is 25.8 Å². The van der Waals surface area contributed by atoms with E-state index in [1.807, 2.05) is 50.2 Å². The van der Waals surface area contributed by atoms with E-state index in [1.54, 1.807) is 0 Å². The quantitative estimate of drug-likeness (QED) is 0.692. The van der Waals surface area contributed by atoms with Crippen LogP contribution in [0, 0.1) is 0 Å². The summed E-state index contributed by atoms with van der Waals surface area (Å²) in [6, 6.07) is 6.98. The van der Waals surface area contributed by atoms with Gasteiger partial charge in [-0.3, -0.25) is 4.79 Å². The Morgan fingerprint density at radius 2 is 1.89 bits per heavy atom. The summed E-state index contributed by atoms with van der Waals surface area (Å²) in [5.74, 6) is -0.921. The first-order valence-electron chi connectivity index (χ1n) is 6.36. The molecule has 5 nitrogen and oxygen atoms in total. The second-order valence-electron chi connectivity index (χ2n) is 4.69. The van der Waals surface area contributed by atoms with E-state index in [4.69, 9.17) is 5.11 Å². The van der Waals surface area contributed by atoms with Crippen LogP contribution >= 0.6 is 0 Å². The topological polar surface area (TPSA) is 72.8 Å². The lowest BCUT2D eigenvalue weighted by atomic mass is 9.99. The SMILES string of the molecule is CCNC(CC(=O)O)C(O)c1ccc(N(C)C)cc1. The van der Waals surface area contributed by atoms with Gasteiger partial charge in [0.15, 0.2) is 0 Å². The lowest BCUT2D eigenvalue weighted by molar-refractivity contribution is -0.138. The molecule has 0 aliphatic rings. The molecular weight excluding hydrogens is 244 g/mol. The predicted molar refractivity (Wildman–Crippen MR) is 75.4 cm³/mol. The molecule has 5 heteroatoms. The third-order valence-electron chi connectivity index (χ3n) is 2.99. The molecule has 0 amide bonds. The van der Waals surface area contributed by atoms with Crippen molar-refractivity contribution in [2.75, 3.05) is 25.5 Å². The van der Waals surface area contributed by atoms with E-state index < -0.39 is 18.1 Å². The summed E-state index contributed by atoms with van der Waals surface area (Å²) in [5.41, 5.74) is 1.76. The fourth-order valence-corrected chi connectivity index (χ4v) is 1.95. The van der Waals surface area contributed by atoms with Gasteiger partial charge in [-0.05, 0) is 24.2 Å². The number of aliphatic hydroxyl groups excluding tert-OH is 1. The van der Waals surface area contributed by atoms with Gasteiger partial charge in [0.25, 0.3) is 0 Å². The minimum atomic E-state index is -0.921. The molecule has 1 rings (SSSR count). The van der Waals surface area contributed by atoms with E-state index in [2.05, 4.69) is 5.32 Å². The van der Waals surface area contributed by atoms with E-state index in [-0.39, 0.29) is 6.42 Å². The highest BCUT2D eigenvalue weighted by Gasteiger charge is 2.22. The number of nitrogens with zero attached hydrogens (tertiary/aromatic N) is 1. The Morgan fingerprint density at radius 3 is 2.32 bits per heavy atom. The van der Waals surface area contributed by atoms with Crippen LogP contribution in [0.25, 0.3) is 0 Å². The number of nitrogens with one attached hydrogen (secondary N) is 1. The molecule has 0 aliphatic carbocycles. The number of anilines is 1. The van der Waals surface area contributed by atoms with Gasteiger partial charge in [0.1, 0.15) is 0 Å². The maximum absolute atomic E-state index is 10.8. The van der Waals surface area contributed by atoms with Crippen molar-refractivity contribution in [3.63, 3.8) is 0 Å². The second-order valence-corrected chi connectivity index (χ2v) is 4.69. The summed E-state index contributed by atoms with van der Waals surface area (Å²) < 4.78 is 0. The van der Waals surface area contributed by atoms with Gasteiger partial charge in [0.2, 0.25) is 0 Å². The fourth-order valence-electron chi connectivity index (χ4n) is 1.95. The number of hydrogen-bond acceptors (Lipinski definition) is 4. The predicted octanol–water partition coefficient (Wildman–Crippen LogP) is 1.24. The highest BCUT2D eigenvalue weighted by molar-refractivity contribution is 5.67. The number of hydrogen-bond donors (Lipinski definition) is 3. The van der Waals surface area contributed by atoms with Gasteiger partial charge in [-0.2, -0.15) is 0 Å².